The molecule has 7 rings (SSSR count). The average Bonchev–Trinajstić information content (AvgIpc) is 3.43. The number of nitrogens with one attached hydrogen (secondary N) is 1. The summed E-state index contributed by atoms with van der Waals surface area (Å²) in [6, 6.07) is 9.58. The quantitative estimate of drug-likeness (QED) is 0.595. The molecule has 3 fully saturated rings. The smallest absolute Gasteiger partial charge is 0.255 e. The minimum atomic E-state index is -0.621. The van der Waals surface area contributed by atoms with Gasteiger partial charge in [-0.25, -0.2) is 4.39 Å². The third kappa shape index (κ3) is 4.27. The number of carbonyl (C=O) groups excluding carboxylic acids is 3. The number of fused-ring (bicyclic) bond motifs is 4. The minimum absolute atomic E-state index is 0.0419. The fourth-order valence-electron chi connectivity index (χ4n) is 7.05. The fourth-order valence-corrected chi connectivity index (χ4v) is 7.05. The predicted octanol–water partition coefficient (Wildman–Crippen LogP) is 3.17. The molecule has 0 bridgehead atoms. The molecular formula is C30H32FN3O5. The van der Waals surface area contributed by atoms with Crippen molar-refractivity contribution in [2.24, 2.45) is 5.92 Å². The third-order valence-electron chi connectivity index (χ3n) is 9.37. The van der Waals surface area contributed by atoms with E-state index in [9.17, 15) is 18.8 Å². The molecule has 1 atom stereocenters. The van der Waals surface area contributed by atoms with Crippen LogP contribution in [0.3, 0.4) is 0 Å². The van der Waals surface area contributed by atoms with E-state index in [1.165, 1.54) is 17.7 Å². The summed E-state index contributed by atoms with van der Waals surface area (Å²) in [5.41, 5.74) is 2.63. The molecule has 2 saturated heterocycles. The topological polar surface area (TPSA) is 88.2 Å². The van der Waals surface area contributed by atoms with Crippen molar-refractivity contribution >= 4 is 17.7 Å². The Morgan fingerprint density at radius 3 is 2.56 bits per heavy atom. The third-order valence-corrected chi connectivity index (χ3v) is 9.37. The molecule has 39 heavy (non-hydrogen) atoms. The van der Waals surface area contributed by atoms with Crippen LogP contribution >= 0.6 is 0 Å². The summed E-state index contributed by atoms with van der Waals surface area (Å²) in [5.74, 6) is 1.08. The first-order valence-electron chi connectivity index (χ1n) is 14.0. The average molecular weight is 534 g/mol. The molecule has 5 aliphatic rings. The van der Waals surface area contributed by atoms with Crippen LogP contribution < -0.4 is 14.8 Å². The van der Waals surface area contributed by atoms with Crippen molar-refractivity contribution in [3.63, 3.8) is 0 Å². The van der Waals surface area contributed by atoms with Gasteiger partial charge in [0.2, 0.25) is 11.8 Å². The normalized spacial score (nSPS) is 27.6. The van der Waals surface area contributed by atoms with Crippen molar-refractivity contribution < 1.29 is 28.2 Å². The fraction of sp³-hybridized carbons (Fsp3) is 0.500. The van der Waals surface area contributed by atoms with Crippen LogP contribution in [-0.4, -0.2) is 65.9 Å². The predicted molar refractivity (Wildman–Crippen MR) is 139 cm³/mol. The lowest BCUT2D eigenvalue weighted by molar-refractivity contribution is -0.136. The van der Waals surface area contributed by atoms with Gasteiger partial charge in [-0.3, -0.25) is 19.7 Å². The Morgan fingerprint density at radius 1 is 1.05 bits per heavy atom. The highest BCUT2D eigenvalue weighted by atomic mass is 19.1. The van der Waals surface area contributed by atoms with Crippen LogP contribution in [0.2, 0.25) is 0 Å². The van der Waals surface area contributed by atoms with E-state index in [0.29, 0.717) is 31.1 Å². The van der Waals surface area contributed by atoms with E-state index in [2.05, 4.69) is 16.3 Å². The molecule has 1 saturated carbocycles. The Bertz CT molecular complexity index is 1330. The lowest BCUT2D eigenvalue weighted by Crippen LogP contribution is -2.52. The summed E-state index contributed by atoms with van der Waals surface area (Å²) in [5, 5.41) is 2.37. The van der Waals surface area contributed by atoms with E-state index in [1.54, 1.807) is 17.0 Å². The van der Waals surface area contributed by atoms with Crippen LogP contribution in [0.4, 0.5) is 4.39 Å². The monoisotopic (exact) mass is 533 g/mol. The van der Waals surface area contributed by atoms with Crippen molar-refractivity contribution in [3.05, 3.63) is 58.9 Å². The second kappa shape index (κ2) is 9.33. The number of halogens is 1. The van der Waals surface area contributed by atoms with Gasteiger partial charge < -0.3 is 19.3 Å². The maximum absolute atomic E-state index is 13.2. The Kier molecular flexibility index (Phi) is 5.88. The number of amides is 3. The maximum atomic E-state index is 13.2. The Hall–Kier alpha value is -3.46. The van der Waals surface area contributed by atoms with E-state index in [4.69, 9.17) is 9.47 Å². The molecule has 1 aliphatic carbocycles. The highest BCUT2D eigenvalue weighted by molar-refractivity contribution is 6.05. The van der Waals surface area contributed by atoms with Crippen molar-refractivity contribution in [2.75, 3.05) is 26.2 Å². The number of imide groups is 1. The molecule has 204 valence electrons. The maximum Gasteiger partial charge on any atom is 0.255 e. The zero-order chi connectivity index (χ0) is 26.7. The molecule has 4 aliphatic heterocycles. The van der Waals surface area contributed by atoms with Crippen LogP contribution in [-0.2, 0) is 21.5 Å². The largest absolute Gasteiger partial charge is 0.492 e. The lowest BCUT2D eigenvalue weighted by Gasteiger charge is -2.43. The van der Waals surface area contributed by atoms with Crippen molar-refractivity contribution in [3.8, 4) is 11.5 Å². The zero-order valence-corrected chi connectivity index (χ0v) is 21.8. The first-order chi connectivity index (χ1) is 18.9. The number of rotatable bonds is 5. The van der Waals surface area contributed by atoms with Gasteiger partial charge in [-0.05, 0) is 81.4 Å². The number of piperidine rings is 2. The first kappa shape index (κ1) is 24.6. The second-order valence-electron chi connectivity index (χ2n) is 11.8. The summed E-state index contributed by atoms with van der Waals surface area (Å²) < 4.78 is 25.4. The highest BCUT2D eigenvalue weighted by Gasteiger charge is 2.48. The molecule has 2 aromatic rings. The number of nitrogens with zero attached hydrogens (tertiary/aromatic N) is 2. The van der Waals surface area contributed by atoms with E-state index >= 15 is 0 Å². The van der Waals surface area contributed by atoms with Gasteiger partial charge in [0, 0.05) is 35.1 Å². The van der Waals surface area contributed by atoms with Gasteiger partial charge in [0.1, 0.15) is 23.4 Å². The van der Waals surface area contributed by atoms with Gasteiger partial charge in [-0.1, -0.05) is 6.07 Å². The second-order valence-corrected chi connectivity index (χ2v) is 11.8. The van der Waals surface area contributed by atoms with Crippen LogP contribution in [0.1, 0.15) is 60.0 Å². The summed E-state index contributed by atoms with van der Waals surface area (Å²) in [4.78, 5) is 41.3. The minimum Gasteiger partial charge on any atom is -0.492 e. The van der Waals surface area contributed by atoms with Crippen molar-refractivity contribution in [1.82, 2.24) is 15.1 Å². The molecular weight excluding hydrogens is 501 g/mol. The van der Waals surface area contributed by atoms with Crippen molar-refractivity contribution in [2.45, 2.75) is 62.6 Å². The van der Waals surface area contributed by atoms with Crippen LogP contribution in [0.5, 0.6) is 11.5 Å². The van der Waals surface area contributed by atoms with E-state index in [0.717, 1.165) is 62.4 Å². The molecule has 1 N–H and O–H groups in total. The molecule has 8 nitrogen and oxygen atoms in total. The summed E-state index contributed by atoms with van der Waals surface area (Å²) in [7, 11) is 0. The van der Waals surface area contributed by atoms with E-state index in [1.807, 2.05) is 6.07 Å². The molecule has 1 unspecified atom stereocenters. The number of carbonyl (C=O) groups is 3. The van der Waals surface area contributed by atoms with Gasteiger partial charge >= 0.3 is 0 Å². The Balaban J connectivity index is 0.963. The van der Waals surface area contributed by atoms with Crippen LogP contribution in [0, 0.1) is 11.7 Å². The standard InChI is InChI=1S/C30H32FN3O5/c31-19-1-3-20(4-2-19)39-21-13-18(14-21)15-33-11-9-30(10-12-33)17-38-27-23-16-34(25-7-8-26(35)32-28(25)36)29(37)22(23)5-6-24(27)30/h1-6,18,21,25H,7-17H2,(H,32,35,36). The Morgan fingerprint density at radius 2 is 1.82 bits per heavy atom. The Labute approximate surface area is 226 Å². The number of hydrogen-bond donors (Lipinski definition) is 1. The van der Waals surface area contributed by atoms with Crippen LogP contribution in [0.15, 0.2) is 36.4 Å². The molecule has 9 heteroatoms. The summed E-state index contributed by atoms with van der Waals surface area (Å²) in [6.07, 6.45) is 4.86. The number of benzene rings is 2. The molecule has 1 spiro atoms. The summed E-state index contributed by atoms with van der Waals surface area (Å²) in [6.45, 7) is 4.03. The molecule has 3 amide bonds. The first-order valence-corrected chi connectivity index (χ1v) is 14.0. The number of ether oxygens (including phenoxy) is 2. The SMILES string of the molecule is O=C1CCC(N2Cc3c(ccc4c3OCC43CCN(CC4CC(Oc5ccc(F)cc5)C4)CC3)C2=O)C(=O)N1. The molecule has 2 aromatic carbocycles. The van der Waals surface area contributed by atoms with E-state index in [-0.39, 0.29) is 35.6 Å². The van der Waals surface area contributed by atoms with Crippen LogP contribution in [0.25, 0.3) is 0 Å². The number of hydrogen-bond acceptors (Lipinski definition) is 6. The van der Waals surface area contributed by atoms with Gasteiger partial charge in [-0.2, -0.15) is 0 Å². The number of likely N-dealkylation sites (tertiary alicyclic amines) is 1. The highest BCUT2D eigenvalue weighted by Crippen LogP contribution is 2.50. The summed E-state index contributed by atoms with van der Waals surface area (Å²) >= 11 is 0. The van der Waals surface area contributed by atoms with Gasteiger partial charge in [0.05, 0.1) is 19.3 Å². The zero-order valence-electron chi connectivity index (χ0n) is 21.8. The molecule has 4 heterocycles. The van der Waals surface area contributed by atoms with Gasteiger partial charge in [0.15, 0.2) is 0 Å². The van der Waals surface area contributed by atoms with E-state index < -0.39 is 11.9 Å². The van der Waals surface area contributed by atoms with Gasteiger partial charge in [-0.15, -0.1) is 0 Å². The van der Waals surface area contributed by atoms with Crippen molar-refractivity contribution in [1.29, 1.82) is 0 Å². The lowest BCUT2D eigenvalue weighted by atomic mass is 9.73. The molecule has 0 radical (unpaired) electrons. The van der Waals surface area contributed by atoms with Gasteiger partial charge in [0.25, 0.3) is 5.91 Å². The molecule has 0 aromatic heterocycles.